The van der Waals surface area contributed by atoms with Gasteiger partial charge in [0.25, 0.3) is 0 Å². The third-order valence-corrected chi connectivity index (χ3v) is 3.13. The molecule has 0 spiro atoms. The Hall–Kier alpha value is -1.60. The fraction of sp³-hybridized carbons (Fsp3) is 0.538. The van der Waals surface area contributed by atoms with E-state index in [4.69, 9.17) is 5.26 Å². The average molecular weight is 230 g/mol. The van der Waals surface area contributed by atoms with Gasteiger partial charge in [-0.05, 0) is 31.5 Å². The lowest BCUT2D eigenvalue weighted by atomic mass is 10.1. The first kappa shape index (κ1) is 11.9. The van der Waals surface area contributed by atoms with Gasteiger partial charge >= 0.3 is 0 Å². The molecule has 2 heterocycles. The molecule has 0 aliphatic carbocycles. The lowest BCUT2D eigenvalue weighted by Crippen LogP contribution is -2.37. The first-order chi connectivity index (χ1) is 8.35. The normalized spacial score (nSPS) is 18.9. The van der Waals surface area contributed by atoms with Gasteiger partial charge in [-0.2, -0.15) is 5.26 Å². The van der Waals surface area contributed by atoms with E-state index >= 15 is 0 Å². The number of hydrogen-bond donors (Lipinski definition) is 1. The second-order valence-corrected chi connectivity index (χ2v) is 4.35. The van der Waals surface area contributed by atoms with Crippen LogP contribution in [-0.2, 0) is 0 Å². The van der Waals surface area contributed by atoms with Crippen molar-refractivity contribution >= 4 is 5.69 Å². The molecule has 1 N–H and O–H groups in total. The van der Waals surface area contributed by atoms with Crippen LogP contribution in [0.5, 0.6) is 0 Å². The molecule has 1 saturated heterocycles. The van der Waals surface area contributed by atoms with Crippen molar-refractivity contribution < 1.29 is 0 Å². The summed E-state index contributed by atoms with van der Waals surface area (Å²) in [7, 11) is 0. The predicted molar refractivity (Wildman–Crippen MR) is 67.9 cm³/mol. The molecule has 1 aromatic rings. The summed E-state index contributed by atoms with van der Waals surface area (Å²) in [6.07, 6.45) is 4.00. The summed E-state index contributed by atoms with van der Waals surface area (Å²) in [4.78, 5) is 6.42. The van der Waals surface area contributed by atoms with Crippen molar-refractivity contribution in [2.45, 2.75) is 25.8 Å². The maximum absolute atomic E-state index is 8.90. The molecule has 1 atom stereocenters. The van der Waals surface area contributed by atoms with Crippen molar-refractivity contribution in [2.75, 3.05) is 24.5 Å². The maximum Gasteiger partial charge on any atom is 0.142 e. The highest BCUT2D eigenvalue weighted by molar-refractivity contribution is 5.50. The number of nitrogens with zero attached hydrogens (tertiary/aromatic N) is 3. The van der Waals surface area contributed by atoms with Crippen LogP contribution in [0.1, 0.15) is 25.5 Å². The predicted octanol–water partition coefficient (Wildman–Crippen LogP) is 1.53. The quantitative estimate of drug-likeness (QED) is 0.852. The van der Waals surface area contributed by atoms with Crippen molar-refractivity contribution in [3.63, 3.8) is 0 Å². The number of hydrogen-bond acceptors (Lipinski definition) is 4. The number of aromatic nitrogens is 1. The summed E-state index contributed by atoms with van der Waals surface area (Å²) in [6.45, 7) is 5.33. The Morgan fingerprint density at radius 3 is 3.18 bits per heavy atom. The van der Waals surface area contributed by atoms with Crippen LogP contribution in [0.15, 0.2) is 18.3 Å². The van der Waals surface area contributed by atoms with Crippen LogP contribution < -0.4 is 10.2 Å². The van der Waals surface area contributed by atoms with Gasteiger partial charge in [-0.15, -0.1) is 0 Å². The molecule has 1 aromatic heterocycles. The molecule has 17 heavy (non-hydrogen) atoms. The minimum absolute atomic E-state index is 0.495. The number of pyridine rings is 1. The highest BCUT2D eigenvalue weighted by atomic mass is 15.2. The monoisotopic (exact) mass is 230 g/mol. The van der Waals surface area contributed by atoms with Crippen LogP contribution in [0, 0.1) is 11.3 Å². The fourth-order valence-electron chi connectivity index (χ4n) is 2.33. The van der Waals surface area contributed by atoms with E-state index in [0.717, 1.165) is 31.7 Å². The van der Waals surface area contributed by atoms with Crippen LogP contribution in [-0.4, -0.2) is 30.7 Å². The van der Waals surface area contributed by atoms with Crippen LogP contribution in [0.25, 0.3) is 0 Å². The summed E-state index contributed by atoms with van der Waals surface area (Å²) in [6, 6.07) is 6.52. The van der Waals surface area contributed by atoms with Crippen molar-refractivity contribution in [1.82, 2.24) is 10.3 Å². The summed E-state index contributed by atoms with van der Waals surface area (Å²) in [5, 5.41) is 12.3. The Morgan fingerprint density at radius 1 is 1.65 bits per heavy atom. The highest BCUT2D eigenvalue weighted by Crippen LogP contribution is 2.20. The molecular formula is C13H18N4. The van der Waals surface area contributed by atoms with Crippen molar-refractivity contribution in [1.29, 1.82) is 5.26 Å². The summed E-state index contributed by atoms with van der Waals surface area (Å²) in [5.41, 5.74) is 1.61. The zero-order chi connectivity index (χ0) is 12.1. The van der Waals surface area contributed by atoms with Gasteiger partial charge in [0.1, 0.15) is 11.8 Å². The van der Waals surface area contributed by atoms with Gasteiger partial charge in [0.05, 0.1) is 0 Å². The number of rotatable bonds is 4. The minimum Gasteiger partial charge on any atom is -0.367 e. The number of nitrogens with one attached hydrogen (secondary N) is 1. The van der Waals surface area contributed by atoms with E-state index < -0.39 is 0 Å². The van der Waals surface area contributed by atoms with Gasteiger partial charge in [0.15, 0.2) is 0 Å². The third-order valence-electron chi connectivity index (χ3n) is 3.13. The Morgan fingerprint density at radius 2 is 2.53 bits per heavy atom. The van der Waals surface area contributed by atoms with Gasteiger partial charge in [-0.3, -0.25) is 0 Å². The molecule has 2 rings (SSSR count). The standard InChI is InChI=1S/C13H18N4/c1-2-7-17(13-3-5-15-10-13)12-4-6-16-11(8-12)9-14/h4,6,8,13,15H,2-3,5,7,10H2,1H3. The van der Waals surface area contributed by atoms with E-state index in [1.165, 1.54) is 6.42 Å². The molecule has 0 aromatic carbocycles. The molecule has 1 fully saturated rings. The average Bonchev–Trinajstić information content (AvgIpc) is 2.89. The Bertz CT molecular complexity index is 404. The molecule has 1 aliphatic heterocycles. The Kier molecular flexibility index (Phi) is 3.94. The summed E-state index contributed by atoms with van der Waals surface area (Å²) < 4.78 is 0. The molecule has 0 saturated carbocycles. The van der Waals surface area contributed by atoms with E-state index in [1.807, 2.05) is 12.1 Å². The zero-order valence-corrected chi connectivity index (χ0v) is 10.2. The molecular weight excluding hydrogens is 212 g/mol. The summed E-state index contributed by atoms with van der Waals surface area (Å²) in [5.74, 6) is 0. The van der Waals surface area contributed by atoms with Gasteiger partial charge < -0.3 is 10.2 Å². The van der Waals surface area contributed by atoms with Gasteiger partial charge in [-0.25, -0.2) is 4.98 Å². The fourth-order valence-corrected chi connectivity index (χ4v) is 2.33. The lowest BCUT2D eigenvalue weighted by Gasteiger charge is -2.30. The molecule has 90 valence electrons. The SMILES string of the molecule is CCCN(c1ccnc(C#N)c1)C1CCNC1. The molecule has 4 heteroatoms. The Balaban J connectivity index is 2.21. The maximum atomic E-state index is 8.90. The van der Waals surface area contributed by atoms with Gasteiger partial charge in [0, 0.05) is 31.0 Å². The van der Waals surface area contributed by atoms with Crippen LogP contribution in [0.2, 0.25) is 0 Å². The number of nitriles is 1. The second kappa shape index (κ2) is 5.65. The topological polar surface area (TPSA) is 52.0 Å². The van der Waals surface area contributed by atoms with Crippen molar-refractivity contribution in [3.8, 4) is 6.07 Å². The summed E-state index contributed by atoms with van der Waals surface area (Å²) >= 11 is 0. The van der Waals surface area contributed by atoms with Crippen LogP contribution in [0.4, 0.5) is 5.69 Å². The zero-order valence-electron chi connectivity index (χ0n) is 10.2. The van der Waals surface area contributed by atoms with E-state index in [2.05, 4.69) is 28.2 Å². The molecule has 4 nitrogen and oxygen atoms in total. The second-order valence-electron chi connectivity index (χ2n) is 4.35. The van der Waals surface area contributed by atoms with Crippen LogP contribution in [0.3, 0.4) is 0 Å². The van der Waals surface area contributed by atoms with E-state index in [-0.39, 0.29) is 0 Å². The van der Waals surface area contributed by atoms with Gasteiger partial charge in [0.2, 0.25) is 0 Å². The molecule has 0 amide bonds. The van der Waals surface area contributed by atoms with E-state index in [0.29, 0.717) is 11.7 Å². The first-order valence-corrected chi connectivity index (χ1v) is 6.18. The van der Waals surface area contributed by atoms with Crippen molar-refractivity contribution in [2.24, 2.45) is 0 Å². The minimum atomic E-state index is 0.495. The first-order valence-electron chi connectivity index (χ1n) is 6.18. The number of anilines is 1. The lowest BCUT2D eigenvalue weighted by molar-refractivity contribution is 0.625. The smallest absolute Gasteiger partial charge is 0.142 e. The molecule has 0 radical (unpaired) electrons. The highest BCUT2D eigenvalue weighted by Gasteiger charge is 2.22. The van der Waals surface area contributed by atoms with Crippen LogP contribution >= 0.6 is 0 Å². The van der Waals surface area contributed by atoms with Crippen molar-refractivity contribution in [3.05, 3.63) is 24.0 Å². The molecule has 0 bridgehead atoms. The largest absolute Gasteiger partial charge is 0.367 e. The van der Waals surface area contributed by atoms with Gasteiger partial charge in [-0.1, -0.05) is 6.92 Å². The Labute approximate surface area is 102 Å². The molecule has 1 unspecified atom stereocenters. The van der Waals surface area contributed by atoms with E-state index in [9.17, 15) is 0 Å². The van der Waals surface area contributed by atoms with E-state index in [1.54, 1.807) is 6.20 Å². The molecule has 1 aliphatic rings. The third kappa shape index (κ3) is 2.75.